The number of pyridine rings is 1. The van der Waals surface area contributed by atoms with E-state index in [-0.39, 0.29) is 27.9 Å². The number of sulfonamides is 1. The maximum absolute atomic E-state index is 11.7. The van der Waals surface area contributed by atoms with Gasteiger partial charge in [0, 0.05) is 6.42 Å². The maximum Gasteiger partial charge on any atom is 0.267 e. The van der Waals surface area contributed by atoms with Crippen LogP contribution in [0.25, 0.3) is 0 Å². The molecule has 1 amide bonds. The largest absolute Gasteiger partial charge is 0.477 e. The van der Waals surface area contributed by atoms with Crippen LogP contribution < -0.4 is 15.6 Å². The Morgan fingerprint density at radius 1 is 1.29 bits per heavy atom. The summed E-state index contributed by atoms with van der Waals surface area (Å²) in [7, 11) is -3.91. The maximum atomic E-state index is 11.7. The van der Waals surface area contributed by atoms with Crippen LogP contribution in [0.1, 0.15) is 28.5 Å². The Labute approximate surface area is 144 Å². The van der Waals surface area contributed by atoms with E-state index in [0.717, 1.165) is 0 Å². The zero-order valence-corrected chi connectivity index (χ0v) is 14.4. The van der Waals surface area contributed by atoms with Crippen LogP contribution in [0.3, 0.4) is 0 Å². The summed E-state index contributed by atoms with van der Waals surface area (Å²) in [4.78, 5) is 15.7. The van der Waals surface area contributed by atoms with Crippen molar-refractivity contribution in [1.29, 1.82) is 0 Å². The Kier molecular flexibility index (Phi) is 5.43. The third kappa shape index (κ3) is 4.02. The second-order valence-corrected chi connectivity index (χ2v) is 6.85. The second-order valence-electron chi connectivity index (χ2n) is 4.91. The Bertz CT molecular complexity index is 884. The number of primary sulfonamides is 1. The molecular weight excluding hydrogens is 354 g/mol. The van der Waals surface area contributed by atoms with Crippen molar-refractivity contribution in [3.05, 3.63) is 52.2 Å². The molecule has 0 radical (unpaired) electrons. The van der Waals surface area contributed by atoms with Gasteiger partial charge in [0.25, 0.3) is 5.91 Å². The molecule has 0 saturated heterocycles. The van der Waals surface area contributed by atoms with Crippen LogP contribution in [0, 0.1) is 0 Å². The van der Waals surface area contributed by atoms with Gasteiger partial charge < -0.3 is 10.5 Å². The van der Waals surface area contributed by atoms with Gasteiger partial charge in [-0.25, -0.2) is 18.5 Å². The first-order chi connectivity index (χ1) is 11.2. The quantitative estimate of drug-likeness (QED) is 0.797. The van der Waals surface area contributed by atoms with Crippen LogP contribution in [0.5, 0.6) is 5.88 Å². The highest BCUT2D eigenvalue weighted by atomic mass is 35.5. The molecule has 2 aromatic rings. The lowest BCUT2D eigenvalue weighted by Crippen LogP contribution is -2.18. The van der Waals surface area contributed by atoms with Crippen molar-refractivity contribution in [2.45, 2.75) is 18.2 Å². The first-order valence-corrected chi connectivity index (χ1v) is 8.89. The molecule has 0 bridgehead atoms. The second kappa shape index (κ2) is 7.16. The normalized spacial score (nSPS) is 11.3. The number of primary amides is 1. The monoisotopic (exact) mass is 369 g/mol. The van der Waals surface area contributed by atoms with E-state index in [4.69, 9.17) is 27.2 Å². The van der Waals surface area contributed by atoms with Crippen LogP contribution in [0.4, 0.5) is 0 Å². The van der Waals surface area contributed by atoms with E-state index >= 15 is 0 Å². The van der Waals surface area contributed by atoms with Crippen molar-refractivity contribution in [3.8, 4) is 5.88 Å². The van der Waals surface area contributed by atoms with E-state index in [1.165, 1.54) is 12.1 Å². The number of nitrogens with zero attached hydrogens (tertiary/aromatic N) is 1. The number of hydrogen-bond donors (Lipinski definition) is 2. The first kappa shape index (κ1) is 18.2. The molecule has 0 fully saturated rings. The summed E-state index contributed by atoms with van der Waals surface area (Å²) in [5, 5.41) is 5.42. The number of carbonyl (C=O) groups excluding carboxylic acids is 1. The molecule has 24 heavy (non-hydrogen) atoms. The molecule has 0 spiro atoms. The fourth-order valence-corrected chi connectivity index (χ4v) is 3.23. The summed E-state index contributed by atoms with van der Waals surface area (Å²) in [6.45, 7) is 2.07. The minimum Gasteiger partial charge on any atom is -0.477 e. The minimum absolute atomic E-state index is 0.0351. The molecule has 1 aromatic carbocycles. The molecule has 0 aliphatic carbocycles. The van der Waals surface area contributed by atoms with E-state index in [1.54, 1.807) is 25.1 Å². The zero-order valence-electron chi connectivity index (χ0n) is 12.8. The number of rotatable bonds is 6. The van der Waals surface area contributed by atoms with Gasteiger partial charge in [-0.3, -0.25) is 4.79 Å². The Hall–Kier alpha value is -2.16. The van der Waals surface area contributed by atoms with Gasteiger partial charge in [0.2, 0.25) is 15.9 Å². The molecule has 1 aromatic heterocycles. The van der Waals surface area contributed by atoms with Gasteiger partial charge in [0.1, 0.15) is 10.7 Å². The third-order valence-electron chi connectivity index (χ3n) is 3.20. The summed E-state index contributed by atoms with van der Waals surface area (Å²) >= 11 is 6.10. The van der Waals surface area contributed by atoms with Crippen LogP contribution in [0.2, 0.25) is 5.02 Å². The Morgan fingerprint density at radius 3 is 2.54 bits per heavy atom. The summed E-state index contributed by atoms with van der Waals surface area (Å²) in [5.74, 6) is -0.674. The van der Waals surface area contributed by atoms with Gasteiger partial charge in [0.05, 0.1) is 11.5 Å². The molecule has 9 heteroatoms. The Balaban J connectivity index is 2.55. The number of nitrogens with two attached hydrogens (primary N) is 2. The molecule has 0 saturated carbocycles. The fraction of sp³-hybridized carbons (Fsp3) is 0.200. The van der Waals surface area contributed by atoms with Gasteiger partial charge in [-0.15, -0.1) is 0 Å². The average molecular weight is 370 g/mol. The Morgan fingerprint density at radius 2 is 1.96 bits per heavy atom. The molecule has 2 rings (SSSR count). The van der Waals surface area contributed by atoms with Gasteiger partial charge in [0.15, 0.2) is 0 Å². The summed E-state index contributed by atoms with van der Waals surface area (Å²) in [6, 6.07) is 7.69. The van der Waals surface area contributed by atoms with E-state index in [1.807, 2.05) is 0 Å². The molecule has 7 nitrogen and oxygen atoms in total. The smallest absolute Gasteiger partial charge is 0.267 e. The topological polar surface area (TPSA) is 125 Å². The van der Waals surface area contributed by atoms with Crippen LogP contribution >= 0.6 is 11.6 Å². The molecule has 1 heterocycles. The third-order valence-corrected chi connectivity index (χ3v) is 4.48. The summed E-state index contributed by atoms with van der Waals surface area (Å²) < 4.78 is 28.6. The average Bonchev–Trinajstić information content (AvgIpc) is 2.49. The van der Waals surface area contributed by atoms with Gasteiger partial charge in [-0.1, -0.05) is 29.8 Å². The summed E-state index contributed by atoms with van der Waals surface area (Å²) in [5.41, 5.74) is 6.12. The van der Waals surface area contributed by atoms with Crippen LogP contribution in [-0.2, 0) is 16.4 Å². The number of carbonyl (C=O) groups is 1. The van der Waals surface area contributed by atoms with Crippen molar-refractivity contribution in [2.24, 2.45) is 10.9 Å². The van der Waals surface area contributed by atoms with E-state index in [9.17, 15) is 13.2 Å². The molecule has 0 aliphatic rings. The lowest BCUT2D eigenvalue weighted by Gasteiger charge is -2.12. The van der Waals surface area contributed by atoms with Crippen molar-refractivity contribution in [1.82, 2.24) is 4.98 Å². The standard InChI is InChI=1S/C15H16ClN3O4S/c1-2-23-15-11(16)8-10(13(19-15)14(17)20)7-9-5-3-4-6-12(9)24(18,21)22/h3-6,8H,2,7H2,1H3,(H2,17,20)(H2,18,21,22). The number of aromatic nitrogens is 1. The zero-order chi connectivity index (χ0) is 17.9. The molecule has 0 atom stereocenters. The van der Waals surface area contributed by atoms with Gasteiger partial charge >= 0.3 is 0 Å². The van der Waals surface area contributed by atoms with Crippen molar-refractivity contribution >= 4 is 27.5 Å². The highest BCUT2D eigenvalue weighted by molar-refractivity contribution is 7.89. The predicted molar refractivity (Wildman–Crippen MR) is 89.6 cm³/mol. The highest BCUT2D eigenvalue weighted by Gasteiger charge is 2.19. The lowest BCUT2D eigenvalue weighted by atomic mass is 10.0. The van der Waals surface area contributed by atoms with Crippen LogP contribution in [0.15, 0.2) is 35.2 Å². The number of ether oxygens (including phenoxy) is 1. The van der Waals surface area contributed by atoms with Gasteiger partial charge in [-0.05, 0) is 30.2 Å². The van der Waals surface area contributed by atoms with Crippen molar-refractivity contribution < 1.29 is 17.9 Å². The first-order valence-electron chi connectivity index (χ1n) is 6.96. The number of halogens is 1. The highest BCUT2D eigenvalue weighted by Crippen LogP contribution is 2.27. The molecule has 128 valence electrons. The van der Waals surface area contributed by atoms with Crippen LogP contribution in [-0.4, -0.2) is 25.9 Å². The van der Waals surface area contributed by atoms with Crippen molar-refractivity contribution in [3.63, 3.8) is 0 Å². The predicted octanol–water partition coefficient (Wildman–Crippen LogP) is 1.47. The fourth-order valence-electron chi connectivity index (χ4n) is 2.23. The van der Waals surface area contributed by atoms with Gasteiger partial charge in [-0.2, -0.15) is 0 Å². The minimum atomic E-state index is -3.91. The molecule has 0 unspecified atom stereocenters. The van der Waals surface area contributed by atoms with E-state index in [0.29, 0.717) is 17.7 Å². The number of amides is 1. The SMILES string of the molecule is CCOc1nc(C(N)=O)c(Cc2ccccc2S(N)(=O)=O)cc1Cl. The van der Waals surface area contributed by atoms with Crippen molar-refractivity contribution in [2.75, 3.05) is 6.61 Å². The van der Waals surface area contributed by atoms with E-state index in [2.05, 4.69) is 4.98 Å². The van der Waals surface area contributed by atoms with E-state index < -0.39 is 15.9 Å². The molecule has 0 aliphatic heterocycles. The summed E-state index contributed by atoms with van der Waals surface area (Å²) in [6.07, 6.45) is 0.0734. The number of hydrogen-bond acceptors (Lipinski definition) is 5. The molecular formula is C15H16ClN3O4S. The number of benzene rings is 1. The molecule has 4 N–H and O–H groups in total. The lowest BCUT2D eigenvalue weighted by molar-refractivity contribution is 0.0993.